The van der Waals surface area contributed by atoms with E-state index in [1.54, 1.807) is 0 Å². The number of hydrogen-bond acceptors (Lipinski definition) is 1. The van der Waals surface area contributed by atoms with E-state index in [4.69, 9.17) is 0 Å². The molecule has 1 unspecified atom stereocenters. The van der Waals surface area contributed by atoms with Crippen LogP contribution in [0.5, 0.6) is 0 Å². The second-order valence-corrected chi connectivity index (χ2v) is 5.79. The van der Waals surface area contributed by atoms with E-state index in [9.17, 15) is 4.79 Å². The van der Waals surface area contributed by atoms with Crippen molar-refractivity contribution in [1.82, 2.24) is 0 Å². The van der Waals surface area contributed by atoms with Gasteiger partial charge in [-0.2, -0.15) is 0 Å². The van der Waals surface area contributed by atoms with Crippen LogP contribution < -0.4 is 0 Å². The molecule has 0 fully saturated rings. The van der Waals surface area contributed by atoms with Crippen molar-refractivity contribution >= 4 is 6.29 Å². The van der Waals surface area contributed by atoms with Crippen molar-refractivity contribution < 1.29 is 4.79 Å². The summed E-state index contributed by atoms with van der Waals surface area (Å²) in [5.74, 6) is 0.927. The summed E-state index contributed by atoms with van der Waals surface area (Å²) in [7, 11) is 0. The lowest BCUT2D eigenvalue weighted by molar-refractivity contribution is -0.107. The molecular formula is C17H34O. The van der Waals surface area contributed by atoms with Gasteiger partial charge < -0.3 is 4.79 Å². The minimum Gasteiger partial charge on any atom is -0.303 e. The van der Waals surface area contributed by atoms with Crippen molar-refractivity contribution in [3.63, 3.8) is 0 Å². The van der Waals surface area contributed by atoms with Crippen LogP contribution in [-0.2, 0) is 4.79 Å². The Labute approximate surface area is 115 Å². The number of hydrogen-bond donors (Lipinski definition) is 0. The Morgan fingerprint density at radius 1 is 0.778 bits per heavy atom. The smallest absolute Gasteiger partial charge is 0.119 e. The maximum atomic E-state index is 10.1. The van der Waals surface area contributed by atoms with Gasteiger partial charge in [0.1, 0.15) is 6.29 Å². The van der Waals surface area contributed by atoms with E-state index in [-0.39, 0.29) is 0 Å². The molecule has 0 aromatic heterocycles. The Morgan fingerprint density at radius 3 is 1.67 bits per heavy atom. The molecule has 1 heteroatoms. The molecule has 0 aliphatic rings. The summed E-state index contributed by atoms with van der Waals surface area (Å²) in [5.41, 5.74) is 0. The van der Waals surface area contributed by atoms with E-state index in [0.717, 1.165) is 25.0 Å². The molecule has 0 aliphatic heterocycles. The van der Waals surface area contributed by atoms with Gasteiger partial charge in [-0.1, -0.05) is 84.5 Å². The number of carbonyl (C=O) groups excluding carboxylic acids is 1. The third-order valence-corrected chi connectivity index (χ3v) is 3.97. The average Bonchev–Trinajstić information content (AvgIpc) is 2.39. The van der Waals surface area contributed by atoms with Gasteiger partial charge in [0.25, 0.3) is 0 Å². The monoisotopic (exact) mass is 254 g/mol. The fraction of sp³-hybridized carbons (Fsp3) is 0.941. The second kappa shape index (κ2) is 14.7. The number of carbonyl (C=O) groups is 1. The fourth-order valence-corrected chi connectivity index (χ4v) is 2.34. The normalized spacial score (nSPS) is 12.6. The van der Waals surface area contributed by atoms with Crippen LogP contribution in [0.4, 0.5) is 0 Å². The molecule has 0 aromatic rings. The lowest BCUT2D eigenvalue weighted by atomic mass is 9.99. The maximum Gasteiger partial charge on any atom is 0.119 e. The third kappa shape index (κ3) is 13.7. The summed E-state index contributed by atoms with van der Waals surface area (Å²) in [5, 5.41) is 0. The van der Waals surface area contributed by atoms with Crippen LogP contribution in [0.25, 0.3) is 0 Å². The zero-order chi connectivity index (χ0) is 13.5. The van der Waals surface area contributed by atoms with Gasteiger partial charge in [-0.25, -0.2) is 0 Å². The van der Waals surface area contributed by atoms with Gasteiger partial charge in [0, 0.05) is 6.42 Å². The van der Waals surface area contributed by atoms with Gasteiger partial charge in [-0.15, -0.1) is 0 Å². The Morgan fingerprint density at radius 2 is 1.22 bits per heavy atom. The number of unbranched alkanes of at least 4 members (excludes halogenated alkanes) is 10. The topological polar surface area (TPSA) is 17.1 Å². The van der Waals surface area contributed by atoms with Gasteiger partial charge in [-0.05, 0) is 12.3 Å². The Kier molecular flexibility index (Phi) is 14.5. The molecule has 1 atom stereocenters. The Hall–Kier alpha value is -0.330. The first kappa shape index (κ1) is 17.7. The van der Waals surface area contributed by atoms with E-state index < -0.39 is 0 Å². The van der Waals surface area contributed by atoms with Crippen LogP contribution >= 0.6 is 0 Å². The molecule has 0 N–H and O–H groups in total. The highest BCUT2D eigenvalue weighted by Crippen LogP contribution is 2.15. The van der Waals surface area contributed by atoms with Crippen molar-refractivity contribution in [2.24, 2.45) is 5.92 Å². The molecule has 0 rings (SSSR count). The van der Waals surface area contributed by atoms with E-state index in [1.165, 1.54) is 70.6 Å². The van der Waals surface area contributed by atoms with Crippen LogP contribution in [-0.4, -0.2) is 6.29 Å². The van der Waals surface area contributed by atoms with E-state index in [0.29, 0.717) is 0 Å². The highest BCUT2D eigenvalue weighted by Gasteiger charge is 1.98. The zero-order valence-corrected chi connectivity index (χ0v) is 12.8. The van der Waals surface area contributed by atoms with E-state index >= 15 is 0 Å². The molecule has 0 radical (unpaired) electrons. The first-order valence-electron chi connectivity index (χ1n) is 8.24. The molecule has 108 valence electrons. The molecule has 0 spiro atoms. The second-order valence-electron chi connectivity index (χ2n) is 5.79. The van der Waals surface area contributed by atoms with Gasteiger partial charge in [-0.3, -0.25) is 0 Å². The van der Waals surface area contributed by atoms with E-state index in [2.05, 4.69) is 13.8 Å². The Bertz CT molecular complexity index is 165. The summed E-state index contributed by atoms with van der Waals surface area (Å²) < 4.78 is 0. The highest BCUT2D eigenvalue weighted by molar-refractivity contribution is 5.48. The van der Waals surface area contributed by atoms with Gasteiger partial charge in [0.15, 0.2) is 0 Å². The number of rotatable bonds is 14. The Balaban J connectivity index is 2.96. The molecule has 0 saturated carbocycles. The summed E-state index contributed by atoms with van der Waals surface area (Å²) >= 11 is 0. The van der Waals surface area contributed by atoms with Gasteiger partial charge in [0.05, 0.1) is 0 Å². The molecule has 0 aliphatic carbocycles. The predicted octanol–water partition coefficient (Wildman–Crippen LogP) is 5.91. The number of aldehydes is 1. The largest absolute Gasteiger partial charge is 0.303 e. The van der Waals surface area contributed by atoms with Gasteiger partial charge >= 0.3 is 0 Å². The summed E-state index contributed by atoms with van der Waals surface area (Å²) in [6, 6.07) is 0. The average molecular weight is 254 g/mol. The molecule has 1 nitrogen and oxygen atoms in total. The van der Waals surface area contributed by atoms with Crippen molar-refractivity contribution in [1.29, 1.82) is 0 Å². The quantitative estimate of drug-likeness (QED) is 0.278. The van der Waals surface area contributed by atoms with Crippen LogP contribution in [0.15, 0.2) is 0 Å². The molecule has 0 heterocycles. The molecule has 0 saturated heterocycles. The first-order chi connectivity index (χ1) is 8.81. The highest BCUT2D eigenvalue weighted by atomic mass is 16.1. The predicted molar refractivity (Wildman–Crippen MR) is 80.9 cm³/mol. The van der Waals surface area contributed by atoms with Gasteiger partial charge in [0.2, 0.25) is 0 Å². The summed E-state index contributed by atoms with van der Waals surface area (Å²) in [4.78, 5) is 10.1. The van der Waals surface area contributed by atoms with Crippen LogP contribution in [0.1, 0.15) is 97.3 Å². The van der Waals surface area contributed by atoms with Crippen molar-refractivity contribution in [2.75, 3.05) is 0 Å². The van der Waals surface area contributed by atoms with Crippen molar-refractivity contribution in [3.8, 4) is 0 Å². The third-order valence-electron chi connectivity index (χ3n) is 3.97. The minimum absolute atomic E-state index is 0.760. The van der Waals surface area contributed by atoms with E-state index in [1.807, 2.05) is 0 Å². The summed E-state index contributed by atoms with van der Waals surface area (Å²) in [6.07, 6.45) is 18.1. The maximum absolute atomic E-state index is 10.1. The van der Waals surface area contributed by atoms with Crippen molar-refractivity contribution in [2.45, 2.75) is 97.3 Å². The zero-order valence-electron chi connectivity index (χ0n) is 12.8. The fourth-order valence-electron chi connectivity index (χ4n) is 2.34. The van der Waals surface area contributed by atoms with Crippen LogP contribution in [0.3, 0.4) is 0 Å². The SMILES string of the molecule is CCC(C)CCCCCCCCCCCCC=O. The lowest BCUT2D eigenvalue weighted by Crippen LogP contribution is -1.91. The van der Waals surface area contributed by atoms with Crippen LogP contribution in [0, 0.1) is 5.92 Å². The molecular weight excluding hydrogens is 220 g/mol. The molecule has 0 amide bonds. The minimum atomic E-state index is 0.760. The molecule has 18 heavy (non-hydrogen) atoms. The molecule has 0 bridgehead atoms. The summed E-state index contributed by atoms with van der Waals surface area (Å²) in [6.45, 7) is 4.66. The lowest BCUT2D eigenvalue weighted by Gasteiger charge is -2.07. The first-order valence-corrected chi connectivity index (χ1v) is 8.24. The van der Waals surface area contributed by atoms with Crippen molar-refractivity contribution in [3.05, 3.63) is 0 Å². The standard InChI is InChI=1S/C17H34O/c1-3-17(2)15-13-11-9-7-5-4-6-8-10-12-14-16-18/h16-17H,3-15H2,1-2H3. The van der Waals surface area contributed by atoms with Crippen LogP contribution in [0.2, 0.25) is 0 Å². The molecule has 0 aromatic carbocycles.